The molecule has 0 unspecified atom stereocenters. The van der Waals surface area contributed by atoms with E-state index in [0.29, 0.717) is 29.2 Å². The fraction of sp³-hybridized carbons (Fsp3) is 0.182. The highest BCUT2D eigenvalue weighted by Gasteiger charge is 2.16. The topological polar surface area (TPSA) is 66.2 Å². The van der Waals surface area contributed by atoms with Gasteiger partial charge in [-0.25, -0.2) is 4.68 Å². The molecule has 0 bridgehead atoms. The van der Waals surface area contributed by atoms with E-state index < -0.39 is 0 Å². The minimum Gasteiger partial charge on any atom is -0.454 e. The Bertz CT molecular complexity index is 592. The maximum Gasteiger partial charge on any atom is 0.231 e. The summed E-state index contributed by atoms with van der Waals surface area (Å²) in [4.78, 5) is 10.7. The van der Waals surface area contributed by atoms with Gasteiger partial charge in [0.25, 0.3) is 0 Å². The van der Waals surface area contributed by atoms with Crippen molar-refractivity contribution in [3.8, 4) is 17.2 Å². The summed E-state index contributed by atoms with van der Waals surface area (Å²) in [5.41, 5.74) is 1.81. The van der Waals surface area contributed by atoms with E-state index in [0.717, 1.165) is 5.69 Å². The number of ether oxygens (including phenoxy) is 2. The van der Waals surface area contributed by atoms with Gasteiger partial charge >= 0.3 is 0 Å². The summed E-state index contributed by atoms with van der Waals surface area (Å²) in [5, 5.41) is 7.70. The lowest BCUT2D eigenvalue weighted by Crippen LogP contribution is -1.99. The lowest BCUT2D eigenvalue weighted by atomic mass is 10.2. The van der Waals surface area contributed by atoms with Gasteiger partial charge in [-0.3, -0.25) is 4.79 Å². The van der Waals surface area contributed by atoms with E-state index in [1.807, 2.05) is 6.07 Å². The first-order chi connectivity index (χ1) is 8.29. The van der Waals surface area contributed by atoms with Crippen LogP contribution in [0.1, 0.15) is 16.2 Å². The number of hydrogen-bond donors (Lipinski definition) is 0. The summed E-state index contributed by atoms with van der Waals surface area (Å²) in [6.45, 7) is 2.02. The molecular weight excluding hydrogens is 222 g/mol. The van der Waals surface area contributed by atoms with Crippen molar-refractivity contribution in [1.29, 1.82) is 0 Å². The average Bonchev–Trinajstić information content (AvgIpc) is 2.94. The zero-order valence-corrected chi connectivity index (χ0v) is 9.08. The van der Waals surface area contributed by atoms with Crippen LogP contribution < -0.4 is 9.47 Å². The van der Waals surface area contributed by atoms with Crippen LogP contribution in [-0.2, 0) is 0 Å². The summed E-state index contributed by atoms with van der Waals surface area (Å²) in [5.74, 6) is 1.38. The highest BCUT2D eigenvalue weighted by Crippen LogP contribution is 2.33. The molecule has 17 heavy (non-hydrogen) atoms. The molecule has 6 heteroatoms. The van der Waals surface area contributed by atoms with Crippen molar-refractivity contribution in [3.05, 3.63) is 29.6 Å². The second kappa shape index (κ2) is 3.58. The first-order valence-corrected chi connectivity index (χ1v) is 5.07. The highest BCUT2D eigenvalue weighted by molar-refractivity contribution is 5.73. The van der Waals surface area contributed by atoms with Gasteiger partial charge in [0.15, 0.2) is 17.8 Å². The Labute approximate surface area is 96.8 Å². The number of fused-ring (bicyclic) bond motifs is 1. The third kappa shape index (κ3) is 1.45. The number of aldehydes is 1. The first kappa shape index (κ1) is 9.83. The molecule has 0 spiro atoms. The molecule has 0 radical (unpaired) electrons. The number of aromatic nitrogens is 3. The van der Waals surface area contributed by atoms with Gasteiger partial charge in [0, 0.05) is 6.07 Å². The van der Waals surface area contributed by atoms with Crippen LogP contribution in [0, 0.1) is 6.92 Å². The van der Waals surface area contributed by atoms with Gasteiger partial charge in [-0.15, -0.1) is 5.10 Å². The van der Waals surface area contributed by atoms with Crippen LogP contribution in [0.2, 0.25) is 0 Å². The van der Waals surface area contributed by atoms with E-state index in [4.69, 9.17) is 9.47 Å². The summed E-state index contributed by atoms with van der Waals surface area (Å²) in [6.07, 6.45) is 0.686. The van der Waals surface area contributed by atoms with Gasteiger partial charge < -0.3 is 9.47 Å². The van der Waals surface area contributed by atoms with Gasteiger partial charge in [-0.05, 0) is 19.1 Å². The molecule has 0 saturated heterocycles. The molecule has 0 fully saturated rings. The van der Waals surface area contributed by atoms with E-state index in [1.54, 1.807) is 23.7 Å². The monoisotopic (exact) mass is 231 g/mol. The highest BCUT2D eigenvalue weighted by atomic mass is 16.7. The Kier molecular flexibility index (Phi) is 2.07. The second-order valence-corrected chi connectivity index (χ2v) is 3.63. The molecule has 0 atom stereocenters. The maximum absolute atomic E-state index is 10.7. The molecule has 3 rings (SSSR count). The molecule has 1 aliphatic rings. The molecular formula is C11H9N3O3. The number of benzene rings is 1. The van der Waals surface area contributed by atoms with Gasteiger partial charge in [0.1, 0.15) is 5.69 Å². The molecule has 1 aromatic heterocycles. The van der Waals surface area contributed by atoms with E-state index in [1.165, 1.54) is 0 Å². The Morgan fingerprint density at radius 1 is 1.35 bits per heavy atom. The second-order valence-electron chi connectivity index (χ2n) is 3.63. The molecule has 0 aliphatic carbocycles. The van der Waals surface area contributed by atoms with Crippen LogP contribution in [0.25, 0.3) is 5.69 Å². The van der Waals surface area contributed by atoms with Gasteiger partial charge in [0.2, 0.25) is 6.79 Å². The van der Waals surface area contributed by atoms with Gasteiger partial charge in [-0.1, -0.05) is 5.21 Å². The maximum atomic E-state index is 10.7. The Hall–Kier alpha value is -2.37. The van der Waals surface area contributed by atoms with Crippen molar-refractivity contribution in [3.63, 3.8) is 0 Å². The number of hydrogen-bond acceptors (Lipinski definition) is 5. The minimum absolute atomic E-state index is 0.231. The Morgan fingerprint density at radius 2 is 2.18 bits per heavy atom. The predicted octanol–water partition coefficient (Wildman–Crippen LogP) is 1.12. The molecule has 2 heterocycles. The van der Waals surface area contributed by atoms with Crippen LogP contribution >= 0.6 is 0 Å². The smallest absolute Gasteiger partial charge is 0.231 e. The van der Waals surface area contributed by atoms with Crippen LogP contribution in [0.3, 0.4) is 0 Å². The number of carbonyl (C=O) groups is 1. The van der Waals surface area contributed by atoms with Crippen molar-refractivity contribution in [2.75, 3.05) is 6.79 Å². The number of carbonyl (C=O) groups excluding carboxylic acids is 1. The molecule has 0 amide bonds. The summed E-state index contributed by atoms with van der Waals surface area (Å²) >= 11 is 0. The molecule has 0 saturated carbocycles. The van der Waals surface area contributed by atoms with Gasteiger partial charge in [-0.2, -0.15) is 0 Å². The fourth-order valence-corrected chi connectivity index (χ4v) is 1.71. The third-order valence-corrected chi connectivity index (χ3v) is 2.64. The molecule has 0 N–H and O–H groups in total. The summed E-state index contributed by atoms with van der Waals surface area (Å²) in [7, 11) is 0. The van der Waals surface area contributed by atoms with E-state index >= 15 is 0 Å². The lowest BCUT2D eigenvalue weighted by molar-refractivity contribution is 0.111. The minimum atomic E-state index is 0.231. The van der Waals surface area contributed by atoms with Crippen molar-refractivity contribution in [1.82, 2.24) is 15.0 Å². The Balaban J connectivity index is 2.09. The summed E-state index contributed by atoms with van der Waals surface area (Å²) in [6, 6.07) is 5.45. The Morgan fingerprint density at radius 3 is 2.94 bits per heavy atom. The molecule has 2 aromatic rings. The van der Waals surface area contributed by atoms with Crippen LogP contribution in [0.5, 0.6) is 11.5 Å². The SMILES string of the molecule is Cc1c(C=O)nnn1-c1ccc2c(c1)OCO2. The number of nitrogens with zero attached hydrogens (tertiary/aromatic N) is 3. The van der Waals surface area contributed by atoms with Crippen molar-refractivity contribution < 1.29 is 14.3 Å². The largest absolute Gasteiger partial charge is 0.454 e. The van der Waals surface area contributed by atoms with Crippen LogP contribution in [0.4, 0.5) is 0 Å². The normalized spacial score (nSPS) is 12.8. The zero-order chi connectivity index (χ0) is 11.8. The predicted molar refractivity (Wildman–Crippen MR) is 57.6 cm³/mol. The standard InChI is InChI=1S/C11H9N3O3/c1-7-9(5-15)12-13-14(7)8-2-3-10-11(4-8)17-6-16-10/h2-5H,6H2,1H3. The van der Waals surface area contributed by atoms with E-state index in [2.05, 4.69) is 10.3 Å². The van der Waals surface area contributed by atoms with Crippen LogP contribution in [-0.4, -0.2) is 28.1 Å². The zero-order valence-electron chi connectivity index (χ0n) is 9.08. The quantitative estimate of drug-likeness (QED) is 0.724. The summed E-state index contributed by atoms with van der Waals surface area (Å²) < 4.78 is 12.1. The average molecular weight is 231 g/mol. The lowest BCUT2D eigenvalue weighted by Gasteiger charge is -2.04. The van der Waals surface area contributed by atoms with Crippen molar-refractivity contribution >= 4 is 6.29 Å². The molecule has 1 aromatic carbocycles. The first-order valence-electron chi connectivity index (χ1n) is 5.07. The number of rotatable bonds is 2. The van der Waals surface area contributed by atoms with Gasteiger partial charge in [0.05, 0.1) is 11.4 Å². The molecule has 86 valence electrons. The van der Waals surface area contributed by atoms with Crippen LogP contribution in [0.15, 0.2) is 18.2 Å². The van der Waals surface area contributed by atoms with E-state index in [9.17, 15) is 4.79 Å². The molecule has 6 nitrogen and oxygen atoms in total. The van der Waals surface area contributed by atoms with Crippen molar-refractivity contribution in [2.24, 2.45) is 0 Å². The fourth-order valence-electron chi connectivity index (χ4n) is 1.71. The third-order valence-electron chi connectivity index (χ3n) is 2.64. The van der Waals surface area contributed by atoms with Crippen molar-refractivity contribution in [2.45, 2.75) is 6.92 Å². The molecule has 1 aliphatic heterocycles. The van der Waals surface area contributed by atoms with E-state index in [-0.39, 0.29) is 6.79 Å².